The second-order valence-corrected chi connectivity index (χ2v) is 3.41. The molecule has 0 aliphatic rings. The topological polar surface area (TPSA) is 90.2 Å². The molecule has 0 saturated carbocycles. The number of ether oxygens (including phenoxy) is 1. The predicted molar refractivity (Wildman–Crippen MR) is 59.6 cm³/mol. The largest absolute Gasteiger partial charge is 0.508 e. The Labute approximate surface area is 96.8 Å². The third-order valence-corrected chi connectivity index (χ3v) is 2.09. The molecule has 0 heterocycles. The average Bonchev–Trinajstić information content (AvgIpc) is 2.26. The van der Waals surface area contributed by atoms with Gasteiger partial charge in [-0.15, -0.1) is 0 Å². The van der Waals surface area contributed by atoms with Gasteiger partial charge in [-0.05, 0) is 24.3 Å². The van der Waals surface area contributed by atoms with Crippen LogP contribution >= 0.6 is 0 Å². The molecule has 0 aromatic heterocycles. The second-order valence-electron chi connectivity index (χ2n) is 3.41. The van der Waals surface area contributed by atoms with Crippen molar-refractivity contribution in [3.8, 4) is 34.5 Å². The molecule has 17 heavy (non-hydrogen) atoms. The summed E-state index contributed by atoms with van der Waals surface area (Å²) in [6.45, 7) is 0. The van der Waals surface area contributed by atoms with Crippen LogP contribution in [0.3, 0.4) is 0 Å². The molecule has 88 valence electrons. The molecule has 0 atom stereocenters. The summed E-state index contributed by atoms with van der Waals surface area (Å²) in [5.74, 6) is -0.770. The Morgan fingerprint density at radius 3 is 1.76 bits per heavy atom. The van der Waals surface area contributed by atoms with Crippen LogP contribution in [0.1, 0.15) is 0 Å². The molecule has 0 radical (unpaired) electrons. The molecule has 2 aromatic carbocycles. The van der Waals surface area contributed by atoms with Gasteiger partial charge in [0.25, 0.3) is 0 Å². The highest BCUT2D eigenvalue weighted by Gasteiger charge is 2.12. The molecular formula is C12H10O5. The lowest BCUT2D eigenvalue weighted by Gasteiger charge is -2.09. The molecule has 0 fully saturated rings. The van der Waals surface area contributed by atoms with E-state index < -0.39 is 0 Å². The van der Waals surface area contributed by atoms with Crippen LogP contribution in [0.4, 0.5) is 0 Å². The van der Waals surface area contributed by atoms with Crippen molar-refractivity contribution >= 4 is 0 Å². The predicted octanol–water partition coefficient (Wildman–Crippen LogP) is 2.30. The lowest BCUT2D eigenvalue weighted by Crippen LogP contribution is -1.85. The molecule has 0 amide bonds. The summed E-state index contributed by atoms with van der Waals surface area (Å²) in [6, 6.07) is 7.86. The van der Waals surface area contributed by atoms with Gasteiger partial charge in [-0.25, -0.2) is 0 Å². The van der Waals surface area contributed by atoms with Gasteiger partial charge in [0.1, 0.15) is 17.2 Å². The summed E-state index contributed by atoms with van der Waals surface area (Å²) in [7, 11) is 0. The Kier molecular flexibility index (Phi) is 2.66. The van der Waals surface area contributed by atoms with Crippen molar-refractivity contribution in [2.24, 2.45) is 0 Å². The summed E-state index contributed by atoms with van der Waals surface area (Å²) in [6.07, 6.45) is 0. The molecule has 0 spiro atoms. The highest BCUT2D eigenvalue weighted by Crippen LogP contribution is 2.41. The third-order valence-electron chi connectivity index (χ3n) is 2.09. The van der Waals surface area contributed by atoms with E-state index in [4.69, 9.17) is 14.9 Å². The van der Waals surface area contributed by atoms with Crippen LogP contribution in [0, 0.1) is 0 Å². The van der Waals surface area contributed by atoms with Crippen LogP contribution in [0.15, 0.2) is 36.4 Å². The first-order valence-corrected chi connectivity index (χ1v) is 4.78. The zero-order valence-electron chi connectivity index (χ0n) is 8.66. The molecule has 2 rings (SSSR count). The summed E-state index contributed by atoms with van der Waals surface area (Å²) >= 11 is 0. The summed E-state index contributed by atoms with van der Waals surface area (Å²) < 4.78 is 5.23. The highest BCUT2D eigenvalue weighted by molar-refractivity contribution is 5.55. The number of aromatic hydroxyl groups is 4. The Morgan fingerprint density at radius 1 is 0.706 bits per heavy atom. The van der Waals surface area contributed by atoms with E-state index in [-0.39, 0.29) is 28.7 Å². The minimum absolute atomic E-state index is 0.0801. The molecule has 0 saturated heterocycles. The quantitative estimate of drug-likeness (QED) is 0.640. The fraction of sp³-hybridized carbons (Fsp3) is 0. The van der Waals surface area contributed by atoms with Gasteiger partial charge in [-0.3, -0.25) is 0 Å². The van der Waals surface area contributed by atoms with Gasteiger partial charge in [0.05, 0.1) is 0 Å². The first kappa shape index (κ1) is 10.9. The number of phenols is 4. The maximum Gasteiger partial charge on any atom is 0.210 e. The Hall–Kier alpha value is -2.56. The number of hydrogen-bond acceptors (Lipinski definition) is 5. The molecule has 0 aliphatic carbocycles. The van der Waals surface area contributed by atoms with Crippen LogP contribution in [-0.4, -0.2) is 20.4 Å². The van der Waals surface area contributed by atoms with E-state index >= 15 is 0 Å². The molecular weight excluding hydrogens is 224 g/mol. The van der Waals surface area contributed by atoms with E-state index in [1.165, 1.54) is 24.3 Å². The molecule has 2 aromatic rings. The number of phenolic OH excluding ortho intramolecular Hbond substituents is 4. The first-order chi connectivity index (χ1) is 8.06. The molecule has 0 bridgehead atoms. The number of hydrogen-bond donors (Lipinski definition) is 4. The lowest BCUT2D eigenvalue weighted by atomic mass is 10.2. The van der Waals surface area contributed by atoms with Crippen molar-refractivity contribution < 1.29 is 25.2 Å². The van der Waals surface area contributed by atoms with Crippen molar-refractivity contribution in [2.45, 2.75) is 0 Å². The Bertz CT molecular complexity index is 510. The first-order valence-electron chi connectivity index (χ1n) is 4.78. The van der Waals surface area contributed by atoms with Gasteiger partial charge in [-0.1, -0.05) is 0 Å². The molecule has 4 N–H and O–H groups in total. The minimum atomic E-state index is -0.379. The van der Waals surface area contributed by atoms with Crippen molar-refractivity contribution in [3.63, 3.8) is 0 Å². The van der Waals surface area contributed by atoms with Crippen molar-refractivity contribution in [2.75, 3.05) is 0 Å². The van der Waals surface area contributed by atoms with Gasteiger partial charge < -0.3 is 25.2 Å². The van der Waals surface area contributed by atoms with Gasteiger partial charge in [0.2, 0.25) is 5.75 Å². The monoisotopic (exact) mass is 234 g/mol. The lowest BCUT2D eigenvalue weighted by molar-refractivity contribution is 0.368. The molecule has 0 aliphatic heterocycles. The van der Waals surface area contributed by atoms with Gasteiger partial charge in [0.15, 0.2) is 11.5 Å². The van der Waals surface area contributed by atoms with E-state index in [1.807, 2.05) is 0 Å². The van der Waals surface area contributed by atoms with Crippen LogP contribution in [-0.2, 0) is 0 Å². The van der Waals surface area contributed by atoms with E-state index in [0.29, 0.717) is 5.75 Å². The van der Waals surface area contributed by atoms with Crippen LogP contribution in [0.5, 0.6) is 34.5 Å². The van der Waals surface area contributed by atoms with Crippen molar-refractivity contribution in [3.05, 3.63) is 36.4 Å². The fourth-order valence-corrected chi connectivity index (χ4v) is 1.32. The normalized spacial score (nSPS) is 10.1. The van der Waals surface area contributed by atoms with Crippen LogP contribution in [0.25, 0.3) is 0 Å². The Morgan fingerprint density at radius 2 is 1.24 bits per heavy atom. The molecule has 5 heteroatoms. The molecule has 5 nitrogen and oxygen atoms in total. The highest BCUT2D eigenvalue weighted by atomic mass is 16.5. The van der Waals surface area contributed by atoms with Gasteiger partial charge in [0, 0.05) is 12.1 Å². The van der Waals surface area contributed by atoms with Crippen LogP contribution in [0.2, 0.25) is 0 Å². The van der Waals surface area contributed by atoms with E-state index in [2.05, 4.69) is 0 Å². The summed E-state index contributed by atoms with van der Waals surface area (Å²) in [5.41, 5.74) is 0. The summed E-state index contributed by atoms with van der Waals surface area (Å²) in [5, 5.41) is 37.2. The van der Waals surface area contributed by atoms with E-state index in [9.17, 15) is 10.2 Å². The summed E-state index contributed by atoms with van der Waals surface area (Å²) in [4.78, 5) is 0. The second kappa shape index (κ2) is 4.13. The zero-order valence-corrected chi connectivity index (χ0v) is 8.66. The Balaban J connectivity index is 2.33. The van der Waals surface area contributed by atoms with Gasteiger partial charge in [-0.2, -0.15) is 0 Å². The number of rotatable bonds is 2. The maximum absolute atomic E-state index is 9.49. The van der Waals surface area contributed by atoms with Crippen LogP contribution < -0.4 is 4.74 Å². The average molecular weight is 234 g/mol. The van der Waals surface area contributed by atoms with Crippen molar-refractivity contribution in [1.29, 1.82) is 0 Å². The third kappa shape index (κ3) is 2.34. The molecule has 0 unspecified atom stereocenters. The van der Waals surface area contributed by atoms with Gasteiger partial charge >= 0.3 is 0 Å². The smallest absolute Gasteiger partial charge is 0.210 e. The van der Waals surface area contributed by atoms with Crippen molar-refractivity contribution in [1.82, 2.24) is 0 Å². The SMILES string of the molecule is Oc1ccc(Oc2c(O)cc(O)cc2O)cc1. The fourth-order valence-electron chi connectivity index (χ4n) is 1.32. The van der Waals surface area contributed by atoms with E-state index in [1.54, 1.807) is 0 Å². The number of benzene rings is 2. The maximum atomic E-state index is 9.49. The zero-order chi connectivity index (χ0) is 12.4. The standard InChI is InChI=1S/C12H10O5/c13-7-1-3-9(4-2-7)17-12-10(15)5-8(14)6-11(12)16/h1-6,13-16H. The van der Waals surface area contributed by atoms with E-state index in [0.717, 1.165) is 12.1 Å². The minimum Gasteiger partial charge on any atom is -0.508 e.